The maximum Gasteiger partial charge on any atom is 0.305 e. The summed E-state index contributed by atoms with van der Waals surface area (Å²) in [6, 6.07) is 3.44. The lowest BCUT2D eigenvalue weighted by molar-refractivity contribution is -0.139. The van der Waals surface area contributed by atoms with Gasteiger partial charge in [-0.05, 0) is 23.6 Å². The highest BCUT2D eigenvalue weighted by Gasteiger charge is 2.18. The minimum Gasteiger partial charge on any atom is -0.481 e. The topological polar surface area (TPSA) is 57.6 Å². The van der Waals surface area contributed by atoms with Gasteiger partial charge >= 0.3 is 5.97 Å². The van der Waals surface area contributed by atoms with Crippen LogP contribution < -0.4 is 0 Å². The van der Waals surface area contributed by atoms with Crippen LogP contribution in [0.25, 0.3) is 0 Å². The normalized spacial score (nSPS) is 12.0. The van der Waals surface area contributed by atoms with Gasteiger partial charge in [-0.1, -0.05) is 32.8 Å². The minimum absolute atomic E-state index is 0.0476. The molecule has 0 aliphatic carbocycles. The Bertz CT molecular complexity index is 549. The molecule has 0 spiro atoms. The van der Waals surface area contributed by atoms with Crippen LogP contribution in [0.4, 0.5) is 8.78 Å². The van der Waals surface area contributed by atoms with Crippen LogP contribution in [0, 0.1) is 17.6 Å². The number of aliphatic carboxylic acids is 1. The maximum absolute atomic E-state index is 13.3. The molecular formula is C17H23F2NO3. The quantitative estimate of drug-likeness (QED) is 0.754. The third-order valence-corrected chi connectivity index (χ3v) is 3.61. The second-order valence-corrected chi connectivity index (χ2v) is 5.81. The molecule has 1 atom stereocenters. The Balaban J connectivity index is 2.79. The first-order valence-electron chi connectivity index (χ1n) is 7.77. The third-order valence-electron chi connectivity index (χ3n) is 3.61. The highest BCUT2D eigenvalue weighted by Crippen LogP contribution is 2.16. The molecule has 0 heterocycles. The van der Waals surface area contributed by atoms with E-state index >= 15 is 0 Å². The van der Waals surface area contributed by atoms with E-state index in [4.69, 9.17) is 5.11 Å². The smallest absolute Gasteiger partial charge is 0.305 e. The van der Waals surface area contributed by atoms with Gasteiger partial charge in [0.05, 0.1) is 6.42 Å². The molecule has 0 radical (unpaired) electrons. The van der Waals surface area contributed by atoms with Crippen LogP contribution in [-0.2, 0) is 16.1 Å². The van der Waals surface area contributed by atoms with Crippen LogP contribution >= 0.6 is 0 Å². The summed E-state index contributed by atoms with van der Waals surface area (Å²) in [5.41, 5.74) is 0.436. The highest BCUT2D eigenvalue weighted by molar-refractivity contribution is 5.77. The molecule has 23 heavy (non-hydrogen) atoms. The fraction of sp³-hybridized carbons (Fsp3) is 0.529. The van der Waals surface area contributed by atoms with Crippen LogP contribution in [0.5, 0.6) is 0 Å². The summed E-state index contributed by atoms with van der Waals surface area (Å²) in [5, 5.41) is 8.81. The molecule has 1 aromatic carbocycles. The van der Waals surface area contributed by atoms with Crippen LogP contribution in [0.3, 0.4) is 0 Å². The van der Waals surface area contributed by atoms with E-state index < -0.39 is 17.6 Å². The van der Waals surface area contributed by atoms with Crippen LogP contribution in [-0.4, -0.2) is 28.4 Å². The molecule has 1 rings (SSSR count). The third kappa shape index (κ3) is 6.76. The van der Waals surface area contributed by atoms with E-state index in [0.717, 1.165) is 25.0 Å². The number of halogens is 2. The molecule has 0 aromatic heterocycles. The number of benzene rings is 1. The summed E-state index contributed by atoms with van der Waals surface area (Å²) < 4.78 is 26.3. The number of carboxylic acid groups (broad SMARTS) is 1. The van der Waals surface area contributed by atoms with Gasteiger partial charge in [0.2, 0.25) is 5.91 Å². The average molecular weight is 327 g/mol. The number of hydrogen-bond acceptors (Lipinski definition) is 2. The Morgan fingerprint density at radius 3 is 2.52 bits per heavy atom. The van der Waals surface area contributed by atoms with Gasteiger partial charge < -0.3 is 10.0 Å². The fourth-order valence-corrected chi connectivity index (χ4v) is 2.40. The number of hydrogen-bond donors (Lipinski definition) is 1. The summed E-state index contributed by atoms with van der Waals surface area (Å²) in [6.45, 7) is 4.12. The van der Waals surface area contributed by atoms with Gasteiger partial charge in [0, 0.05) is 19.5 Å². The Morgan fingerprint density at radius 2 is 1.96 bits per heavy atom. The van der Waals surface area contributed by atoms with Gasteiger partial charge in [0.15, 0.2) is 11.6 Å². The lowest BCUT2D eigenvalue weighted by Crippen LogP contribution is -2.33. The molecule has 0 aliphatic rings. The Hall–Kier alpha value is -1.98. The molecule has 0 bridgehead atoms. The first-order valence-corrected chi connectivity index (χ1v) is 7.77. The maximum atomic E-state index is 13.3. The zero-order chi connectivity index (χ0) is 17.4. The Morgan fingerprint density at radius 1 is 1.26 bits per heavy atom. The van der Waals surface area contributed by atoms with Gasteiger partial charge in [0.1, 0.15) is 0 Å². The summed E-state index contributed by atoms with van der Waals surface area (Å²) in [7, 11) is 0. The molecule has 4 nitrogen and oxygen atoms in total. The van der Waals surface area contributed by atoms with E-state index in [1.165, 1.54) is 11.0 Å². The summed E-state index contributed by atoms with van der Waals surface area (Å²) >= 11 is 0. The van der Waals surface area contributed by atoms with Crippen molar-refractivity contribution >= 4 is 11.9 Å². The second-order valence-electron chi connectivity index (χ2n) is 5.81. The summed E-state index contributed by atoms with van der Waals surface area (Å²) in [4.78, 5) is 24.5. The second kappa shape index (κ2) is 9.22. The molecule has 1 aromatic rings. The lowest BCUT2D eigenvalue weighted by atomic mass is 10.0. The summed E-state index contributed by atoms with van der Waals surface area (Å²) in [6.07, 6.45) is 2.01. The first kappa shape index (κ1) is 19.1. The van der Waals surface area contributed by atoms with Crippen molar-refractivity contribution in [2.24, 2.45) is 5.92 Å². The van der Waals surface area contributed by atoms with Gasteiger partial charge in [-0.3, -0.25) is 9.59 Å². The Kier molecular flexibility index (Phi) is 7.65. The van der Waals surface area contributed by atoms with E-state index in [2.05, 4.69) is 0 Å². The number of carboxylic acids is 1. The number of carbonyl (C=O) groups excluding carboxylic acids is 1. The van der Waals surface area contributed by atoms with Gasteiger partial charge in [-0.2, -0.15) is 0 Å². The van der Waals surface area contributed by atoms with Crippen LogP contribution in [0.2, 0.25) is 0 Å². The van der Waals surface area contributed by atoms with E-state index in [-0.39, 0.29) is 31.3 Å². The van der Waals surface area contributed by atoms with Crippen molar-refractivity contribution in [1.82, 2.24) is 4.90 Å². The van der Waals surface area contributed by atoms with E-state index in [9.17, 15) is 18.4 Å². The van der Waals surface area contributed by atoms with Crippen molar-refractivity contribution < 1.29 is 23.5 Å². The SMILES string of the molecule is CCCC(C)CC(=O)N(CCC(=O)O)Cc1ccc(F)c(F)c1. The van der Waals surface area contributed by atoms with Crippen molar-refractivity contribution in [2.75, 3.05) is 6.54 Å². The fourth-order valence-electron chi connectivity index (χ4n) is 2.40. The molecule has 0 fully saturated rings. The number of rotatable bonds is 9. The number of carbonyl (C=O) groups is 2. The summed E-state index contributed by atoms with van der Waals surface area (Å²) in [5.74, 6) is -2.90. The van der Waals surface area contributed by atoms with Crippen molar-refractivity contribution in [3.63, 3.8) is 0 Å². The molecule has 1 unspecified atom stereocenters. The predicted molar refractivity (Wildman–Crippen MR) is 82.7 cm³/mol. The van der Waals surface area contributed by atoms with E-state index in [0.29, 0.717) is 12.0 Å². The molecule has 6 heteroatoms. The number of amides is 1. The van der Waals surface area contributed by atoms with Crippen LogP contribution in [0.15, 0.2) is 18.2 Å². The Labute approximate surface area is 135 Å². The van der Waals surface area contributed by atoms with Gasteiger partial charge in [0.25, 0.3) is 0 Å². The van der Waals surface area contributed by atoms with Crippen molar-refractivity contribution in [2.45, 2.75) is 46.1 Å². The standard InChI is InChI=1S/C17H23F2NO3/c1-3-4-12(2)9-16(21)20(8-7-17(22)23)11-13-5-6-14(18)15(19)10-13/h5-6,10,12H,3-4,7-9,11H2,1-2H3,(H,22,23). The molecule has 0 aliphatic heterocycles. The van der Waals surface area contributed by atoms with Crippen molar-refractivity contribution in [1.29, 1.82) is 0 Å². The van der Waals surface area contributed by atoms with E-state index in [1.807, 2.05) is 13.8 Å². The predicted octanol–water partition coefficient (Wildman–Crippen LogP) is 3.59. The first-order chi connectivity index (χ1) is 10.8. The molecule has 0 saturated heterocycles. The van der Waals surface area contributed by atoms with Gasteiger partial charge in [-0.15, -0.1) is 0 Å². The largest absolute Gasteiger partial charge is 0.481 e. The molecular weight excluding hydrogens is 304 g/mol. The number of nitrogens with zero attached hydrogens (tertiary/aromatic N) is 1. The molecule has 128 valence electrons. The van der Waals surface area contributed by atoms with E-state index in [1.54, 1.807) is 0 Å². The zero-order valence-electron chi connectivity index (χ0n) is 13.5. The zero-order valence-corrected chi connectivity index (χ0v) is 13.5. The van der Waals surface area contributed by atoms with Crippen molar-refractivity contribution in [3.05, 3.63) is 35.4 Å². The monoisotopic (exact) mass is 327 g/mol. The average Bonchev–Trinajstić information content (AvgIpc) is 2.47. The molecule has 0 saturated carbocycles. The van der Waals surface area contributed by atoms with Crippen LogP contribution in [0.1, 0.15) is 45.1 Å². The molecule has 1 amide bonds. The minimum atomic E-state index is -1.00. The van der Waals surface area contributed by atoms with Gasteiger partial charge in [-0.25, -0.2) is 8.78 Å². The molecule has 1 N–H and O–H groups in total. The highest BCUT2D eigenvalue weighted by atomic mass is 19.2. The lowest BCUT2D eigenvalue weighted by Gasteiger charge is -2.24. The van der Waals surface area contributed by atoms with Crippen molar-refractivity contribution in [3.8, 4) is 0 Å².